The lowest BCUT2D eigenvalue weighted by Crippen LogP contribution is -2.12. The van der Waals surface area contributed by atoms with Crippen LogP contribution in [0.15, 0.2) is 63.1 Å². The van der Waals surface area contributed by atoms with Crippen molar-refractivity contribution in [3.05, 3.63) is 75.7 Å². The Morgan fingerprint density at radius 1 is 1.04 bits per heavy atom. The molecule has 118 valence electrons. The van der Waals surface area contributed by atoms with Crippen molar-refractivity contribution in [2.45, 2.75) is 0 Å². The number of rotatable bonds is 2. The van der Waals surface area contributed by atoms with Crippen LogP contribution in [0, 0.1) is 5.82 Å². The molecule has 2 heterocycles. The average molecular weight is 339 g/mol. The number of thiophene rings is 1. The maximum absolute atomic E-state index is 13.0. The van der Waals surface area contributed by atoms with Gasteiger partial charge in [-0.2, -0.15) is 0 Å². The fraction of sp³-hybridized carbons (Fsp3) is 0. The van der Waals surface area contributed by atoms with E-state index in [1.54, 1.807) is 12.1 Å². The standard InChI is InChI=1S/C18H10FNO3S/c19-11-7-5-10(6-8-11)16(21)20-17-15-13(9-24-17)12-3-1-2-4-14(12)23-18(15)22/h1-9H,(H,20,21). The van der Waals surface area contributed by atoms with E-state index in [1.165, 1.54) is 35.6 Å². The number of anilines is 1. The summed E-state index contributed by atoms with van der Waals surface area (Å²) in [7, 11) is 0. The maximum atomic E-state index is 13.0. The van der Waals surface area contributed by atoms with E-state index in [9.17, 15) is 14.0 Å². The third-order valence-electron chi connectivity index (χ3n) is 3.71. The molecule has 0 atom stereocenters. The van der Waals surface area contributed by atoms with Gasteiger partial charge in [0, 0.05) is 21.7 Å². The first-order valence-corrected chi connectivity index (χ1v) is 8.01. The number of para-hydroxylation sites is 1. The normalized spacial score (nSPS) is 11.0. The molecule has 1 amide bonds. The van der Waals surface area contributed by atoms with E-state index >= 15 is 0 Å². The van der Waals surface area contributed by atoms with Gasteiger partial charge >= 0.3 is 5.63 Å². The molecule has 0 fully saturated rings. The van der Waals surface area contributed by atoms with E-state index < -0.39 is 17.3 Å². The summed E-state index contributed by atoms with van der Waals surface area (Å²) >= 11 is 1.25. The third kappa shape index (κ3) is 2.37. The van der Waals surface area contributed by atoms with Gasteiger partial charge in [-0.1, -0.05) is 18.2 Å². The minimum absolute atomic E-state index is 0.308. The second kappa shape index (κ2) is 5.58. The number of amides is 1. The molecule has 0 unspecified atom stereocenters. The van der Waals surface area contributed by atoms with Gasteiger partial charge in [-0.05, 0) is 30.3 Å². The predicted octanol–water partition coefficient (Wildman–Crippen LogP) is 4.40. The van der Waals surface area contributed by atoms with Crippen molar-refractivity contribution < 1.29 is 13.6 Å². The number of carbonyl (C=O) groups excluding carboxylic acids is 1. The molecule has 6 heteroatoms. The van der Waals surface area contributed by atoms with Gasteiger partial charge in [-0.3, -0.25) is 4.79 Å². The molecule has 0 saturated carbocycles. The molecule has 0 spiro atoms. The molecule has 0 aliphatic rings. The summed E-state index contributed by atoms with van der Waals surface area (Å²) in [5, 5.41) is 6.82. The van der Waals surface area contributed by atoms with Crippen LogP contribution in [0.1, 0.15) is 10.4 Å². The molecule has 0 aliphatic heterocycles. The second-order valence-corrected chi connectivity index (χ2v) is 6.08. The molecular weight excluding hydrogens is 329 g/mol. The summed E-state index contributed by atoms with van der Waals surface area (Å²) in [5.41, 5.74) is 0.312. The van der Waals surface area contributed by atoms with Crippen molar-refractivity contribution in [2.75, 3.05) is 5.32 Å². The van der Waals surface area contributed by atoms with E-state index in [4.69, 9.17) is 4.42 Å². The van der Waals surface area contributed by atoms with Gasteiger partial charge in [0.05, 0.1) is 0 Å². The molecule has 2 aromatic heterocycles. The number of carbonyl (C=O) groups is 1. The first-order valence-electron chi connectivity index (χ1n) is 7.13. The summed E-state index contributed by atoms with van der Waals surface area (Å²) < 4.78 is 18.3. The lowest BCUT2D eigenvalue weighted by molar-refractivity contribution is 0.102. The summed E-state index contributed by atoms with van der Waals surface area (Å²) in [4.78, 5) is 24.6. The Morgan fingerprint density at radius 3 is 2.58 bits per heavy atom. The van der Waals surface area contributed by atoms with Gasteiger partial charge < -0.3 is 9.73 Å². The summed E-state index contributed by atoms with van der Waals surface area (Å²) in [6, 6.07) is 12.4. The Bertz CT molecular complexity index is 1130. The zero-order valence-corrected chi connectivity index (χ0v) is 13.0. The van der Waals surface area contributed by atoms with Crippen LogP contribution < -0.4 is 10.9 Å². The molecule has 2 aromatic carbocycles. The zero-order chi connectivity index (χ0) is 16.7. The van der Waals surface area contributed by atoms with E-state index in [-0.39, 0.29) is 0 Å². The monoisotopic (exact) mass is 339 g/mol. The first kappa shape index (κ1) is 14.6. The quantitative estimate of drug-likeness (QED) is 0.551. The van der Waals surface area contributed by atoms with Crippen LogP contribution >= 0.6 is 11.3 Å². The summed E-state index contributed by atoms with van der Waals surface area (Å²) in [5.74, 6) is -0.827. The van der Waals surface area contributed by atoms with Crippen LogP contribution in [-0.4, -0.2) is 5.91 Å². The molecule has 1 N–H and O–H groups in total. The number of benzene rings is 2. The van der Waals surface area contributed by atoms with E-state index in [0.29, 0.717) is 21.5 Å². The molecule has 0 saturated heterocycles. The van der Waals surface area contributed by atoms with Gasteiger partial charge in [0.15, 0.2) is 0 Å². The van der Waals surface area contributed by atoms with Crippen LogP contribution in [0.5, 0.6) is 0 Å². The third-order valence-corrected chi connectivity index (χ3v) is 4.60. The van der Waals surface area contributed by atoms with E-state index in [1.807, 2.05) is 17.5 Å². The Kier molecular flexibility index (Phi) is 3.39. The van der Waals surface area contributed by atoms with Gasteiger partial charge in [0.25, 0.3) is 5.91 Å². The van der Waals surface area contributed by atoms with Gasteiger partial charge in [-0.25, -0.2) is 9.18 Å². The molecular formula is C18H10FNO3S. The Balaban J connectivity index is 1.80. The molecule has 4 rings (SSSR count). The van der Waals surface area contributed by atoms with Crippen molar-refractivity contribution in [2.24, 2.45) is 0 Å². The van der Waals surface area contributed by atoms with Crippen molar-refractivity contribution in [1.29, 1.82) is 0 Å². The number of hydrogen-bond donors (Lipinski definition) is 1. The lowest BCUT2D eigenvalue weighted by atomic mass is 10.1. The van der Waals surface area contributed by atoms with Crippen molar-refractivity contribution in [3.63, 3.8) is 0 Å². The number of hydrogen-bond acceptors (Lipinski definition) is 4. The minimum atomic E-state index is -0.501. The first-order chi connectivity index (χ1) is 11.6. The molecule has 0 aliphatic carbocycles. The number of fused-ring (bicyclic) bond motifs is 3. The summed E-state index contributed by atoms with van der Waals surface area (Å²) in [6.07, 6.45) is 0. The molecule has 0 bridgehead atoms. The smallest absolute Gasteiger partial charge is 0.347 e. The molecule has 0 radical (unpaired) electrons. The topological polar surface area (TPSA) is 59.3 Å². The van der Waals surface area contributed by atoms with Crippen LogP contribution in [0.25, 0.3) is 21.7 Å². The Hall–Kier alpha value is -2.99. The maximum Gasteiger partial charge on any atom is 0.347 e. The SMILES string of the molecule is O=C(Nc1scc2c1c(=O)oc1ccccc12)c1ccc(F)cc1. The lowest BCUT2D eigenvalue weighted by Gasteiger charge is -2.04. The average Bonchev–Trinajstić information content (AvgIpc) is 3.00. The predicted molar refractivity (Wildman–Crippen MR) is 92.2 cm³/mol. The molecule has 24 heavy (non-hydrogen) atoms. The molecule has 4 aromatic rings. The minimum Gasteiger partial charge on any atom is -0.422 e. The van der Waals surface area contributed by atoms with E-state index in [2.05, 4.69) is 5.32 Å². The zero-order valence-electron chi connectivity index (χ0n) is 12.2. The van der Waals surface area contributed by atoms with Gasteiger partial charge in [-0.15, -0.1) is 11.3 Å². The largest absolute Gasteiger partial charge is 0.422 e. The Morgan fingerprint density at radius 2 is 1.79 bits per heavy atom. The van der Waals surface area contributed by atoms with Crippen LogP contribution in [0.2, 0.25) is 0 Å². The Labute approximate surface area is 139 Å². The van der Waals surface area contributed by atoms with Crippen molar-refractivity contribution >= 4 is 44.0 Å². The fourth-order valence-corrected chi connectivity index (χ4v) is 3.50. The second-order valence-electron chi connectivity index (χ2n) is 5.20. The van der Waals surface area contributed by atoms with Gasteiger partial charge in [0.1, 0.15) is 21.8 Å². The summed E-state index contributed by atoms with van der Waals surface area (Å²) in [6.45, 7) is 0. The van der Waals surface area contributed by atoms with Crippen molar-refractivity contribution in [1.82, 2.24) is 0 Å². The van der Waals surface area contributed by atoms with Gasteiger partial charge in [0.2, 0.25) is 0 Å². The highest BCUT2D eigenvalue weighted by molar-refractivity contribution is 7.16. The fourth-order valence-electron chi connectivity index (χ4n) is 2.56. The highest BCUT2D eigenvalue weighted by atomic mass is 32.1. The highest BCUT2D eigenvalue weighted by Crippen LogP contribution is 2.33. The molecule has 4 nitrogen and oxygen atoms in total. The van der Waals surface area contributed by atoms with Crippen molar-refractivity contribution in [3.8, 4) is 0 Å². The van der Waals surface area contributed by atoms with Crippen LogP contribution in [-0.2, 0) is 0 Å². The van der Waals surface area contributed by atoms with Crippen LogP contribution in [0.3, 0.4) is 0 Å². The highest BCUT2D eigenvalue weighted by Gasteiger charge is 2.16. The number of halogens is 1. The number of nitrogens with one attached hydrogen (secondary N) is 1. The van der Waals surface area contributed by atoms with Crippen LogP contribution in [0.4, 0.5) is 9.39 Å². The van der Waals surface area contributed by atoms with E-state index in [0.717, 1.165) is 10.8 Å².